The lowest BCUT2D eigenvalue weighted by Gasteiger charge is -2.28. The molecule has 14 nitrogen and oxygen atoms in total. The largest absolute Gasteiger partial charge is 0.549 e. The van der Waals surface area contributed by atoms with Crippen LogP contribution in [0, 0.1) is 0 Å². The highest BCUT2D eigenvalue weighted by Gasteiger charge is 2.39. The van der Waals surface area contributed by atoms with Gasteiger partial charge < -0.3 is 45.5 Å². The summed E-state index contributed by atoms with van der Waals surface area (Å²) in [5, 5.41) is 0. The van der Waals surface area contributed by atoms with Crippen LogP contribution < -0.4 is 0 Å². The molecule has 0 N–H and O–H groups in total. The van der Waals surface area contributed by atoms with Crippen LogP contribution in [0.25, 0.3) is 0 Å². The fourth-order valence-electron chi connectivity index (χ4n) is 3.10. The van der Waals surface area contributed by atoms with Gasteiger partial charge in [0.25, 0.3) is 0 Å². The maximum absolute atomic E-state index is 8.40. The van der Waals surface area contributed by atoms with Gasteiger partial charge in [-0.25, -0.2) is 0 Å². The third kappa shape index (κ3) is 24.0. The summed E-state index contributed by atoms with van der Waals surface area (Å²) >= 11 is 0. The Kier molecular flexibility index (Phi) is 29.1. The Morgan fingerprint density at radius 1 is 0.641 bits per heavy atom. The van der Waals surface area contributed by atoms with Crippen LogP contribution in [0.15, 0.2) is 0 Å². The monoisotopic (exact) mass is 634 g/mol. The molecule has 39 heavy (non-hydrogen) atoms. The van der Waals surface area contributed by atoms with Gasteiger partial charge >= 0.3 is 36.2 Å². The first-order valence-electron chi connectivity index (χ1n) is 12.8. The molecule has 0 bridgehead atoms. The summed E-state index contributed by atoms with van der Waals surface area (Å²) in [5.74, 6) is 0. The van der Waals surface area contributed by atoms with Crippen molar-refractivity contribution < 1.29 is 63.4 Å². The minimum Gasteiger partial charge on any atom is -0.379 e. The van der Waals surface area contributed by atoms with Crippen LogP contribution in [0.5, 0.6) is 0 Å². The van der Waals surface area contributed by atoms with E-state index >= 15 is 0 Å². The summed E-state index contributed by atoms with van der Waals surface area (Å²) in [6, 6.07) is 1.59. The molecule has 2 aliphatic heterocycles. The van der Waals surface area contributed by atoms with Crippen molar-refractivity contribution in [2.75, 3.05) is 80.8 Å². The summed E-state index contributed by atoms with van der Waals surface area (Å²) in [6.45, 7) is 12.3. The molecule has 2 atom stereocenters. The number of hydrogen-bond acceptors (Lipinski definition) is 14. The van der Waals surface area contributed by atoms with Crippen molar-refractivity contribution in [2.24, 2.45) is 0 Å². The molecule has 0 saturated carbocycles. The van der Waals surface area contributed by atoms with Crippen LogP contribution in [-0.2, 0) is 63.4 Å². The van der Waals surface area contributed by atoms with Gasteiger partial charge in [-0.3, -0.25) is 17.8 Å². The number of ether oxygens (including phenoxy) is 4. The summed E-state index contributed by atoms with van der Waals surface area (Å²) in [7, 11) is -2.82. The molecule has 2 fully saturated rings. The molecule has 0 aromatic rings. The van der Waals surface area contributed by atoms with Crippen molar-refractivity contribution in [3.05, 3.63) is 0 Å². The van der Waals surface area contributed by atoms with E-state index in [1.165, 1.54) is 0 Å². The molecule has 2 saturated heterocycles. The van der Waals surface area contributed by atoms with E-state index in [0.717, 1.165) is 38.1 Å². The molecule has 0 amide bonds. The molecular weight excluding hydrogens is 589 g/mol. The van der Waals surface area contributed by atoms with E-state index in [1.807, 2.05) is 20.8 Å². The van der Waals surface area contributed by atoms with Crippen molar-refractivity contribution >= 4 is 36.2 Å². The summed E-state index contributed by atoms with van der Waals surface area (Å²) in [5.41, 5.74) is 0. The highest BCUT2D eigenvalue weighted by molar-refractivity contribution is 6.61. The Bertz CT molecular complexity index is 586. The second-order valence-corrected chi connectivity index (χ2v) is 13.9. The molecule has 0 aromatic carbocycles. The Balaban J connectivity index is 0. The van der Waals surface area contributed by atoms with E-state index in [4.69, 9.17) is 63.4 Å². The number of rotatable bonds is 21. The minimum atomic E-state index is -2.47. The van der Waals surface area contributed by atoms with Crippen LogP contribution in [0.2, 0.25) is 12.1 Å². The van der Waals surface area contributed by atoms with Crippen LogP contribution in [0.1, 0.15) is 33.6 Å². The smallest absolute Gasteiger partial charge is 0.379 e. The molecule has 18 heteroatoms. The Morgan fingerprint density at radius 2 is 0.949 bits per heavy atom. The lowest BCUT2D eigenvalue weighted by molar-refractivity contribution is 0.0648. The lowest BCUT2D eigenvalue weighted by Crippen LogP contribution is -2.46. The average Bonchev–Trinajstić information content (AvgIpc) is 3.85. The lowest BCUT2D eigenvalue weighted by atomic mass is 10.5. The quantitative estimate of drug-likeness (QED) is 0.101. The van der Waals surface area contributed by atoms with Crippen LogP contribution in [0.4, 0.5) is 0 Å². The molecule has 2 rings (SSSR count). The maximum atomic E-state index is 8.40. The van der Waals surface area contributed by atoms with Gasteiger partial charge in [-0.05, 0) is 33.6 Å². The van der Waals surface area contributed by atoms with Crippen molar-refractivity contribution in [1.29, 1.82) is 0 Å². The fraction of sp³-hybridized carbons (Fsp3) is 1.00. The third-order valence-electron chi connectivity index (χ3n) is 4.98. The van der Waals surface area contributed by atoms with Gasteiger partial charge in [-0.2, -0.15) is 0 Å². The van der Waals surface area contributed by atoms with Gasteiger partial charge in [-0.1, -0.05) is 0 Å². The van der Waals surface area contributed by atoms with E-state index in [0.29, 0.717) is 58.5 Å². The van der Waals surface area contributed by atoms with Crippen molar-refractivity contribution in [1.82, 2.24) is 0 Å². The van der Waals surface area contributed by atoms with Crippen molar-refractivity contribution in [3.8, 4) is 0 Å². The average molecular weight is 635 g/mol. The van der Waals surface area contributed by atoms with Gasteiger partial charge in [0.2, 0.25) is 0 Å². The standard InChI is InChI=1S/C12H26O5Si.C9H20O5Si.2O2Si/c1-4-15-18(16-5-2,17-6-3)9-7-8-13-10-12-11-14-12;1-10-15(11-2,12-3)6-4-5-13-7-9-8-14-9;2*1-3-2/h12H,4-11H2,1-3H3;9H,4-8H2,1-3H3;;. The summed E-state index contributed by atoms with van der Waals surface area (Å²) < 4.78 is 87.8. The highest BCUT2D eigenvalue weighted by Crippen LogP contribution is 2.19. The van der Waals surface area contributed by atoms with Gasteiger partial charge in [-0.15, -0.1) is 0 Å². The Labute approximate surface area is 238 Å². The fourth-order valence-corrected chi connectivity index (χ4v) is 7.37. The molecule has 2 unspecified atom stereocenters. The first-order chi connectivity index (χ1) is 18.8. The predicted octanol–water partition coefficient (Wildman–Crippen LogP) is 1.27. The first kappa shape index (κ1) is 40.8. The second-order valence-electron chi connectivity index (χ2n) is 7.71. The van der Waals surface area contributed by atoms with Crippen LogP contribution >= 0.6 is 0 Å². The minimum absolute atomic E-state index is 0.331. The molecule has 2 heterocycles. The Hall–Kier alpha value is -0.332. The molecule has 0 radical (unpaired) electrons. The van der Waals surface area contributed by atoms with Crippen LogP contribution in [-0.4, -0.2) is 129 Å². The number of hydrogen-bond donors (Lipinski definition) is 0. The van der Waals surface area contributed by atoms with E-state index in [1.54, 1.807) is 21.3 Å². The van der Waals surface area contributed by atoms with E-state index < -0.39 is 36.2 Å². The predicted molar refractivity (Wildman–Crippen MR) is 142 cm³/mol. The molecule has 0 spiro atoms. The second kappa shape index (κ2) is 27.8. The molecule has 0 aromatic heterocycles. The van der Waals surface area contributed by atoms with Crippen molar-refractivity contribution in [2.45, 2.75) is 57.9 Å². The molecule has 0 aliphatic carbocycles. The highest BCUT2D eigenvalue weighted by atomic mass is 28.4. The third-order valence-corrected chi connectivity index (χ3v) is 11.0. The molecule has 2 aliphatic rings. The van der Waals surface area contributed by atoms with Gasteiger partial charge in [0.05, 0.1) is 26.4 Å². The summed E-state index contributed by atoms with van der Waals surface area (Å²) in [4.78, 5) is 0. The van der Waals surface area contributed by atoms with E-state index in [2.05, 4.69) is 0 Å². The first-order valence-corrected chi connectivity index (χ1v) is 18.3. The maximum Gasteiger partial charge on any atom is 0.549 e. The molecular formula is C21H46O14Si4. The Morgan fingerprint density at radius 3 is 1.21 bits per heavy atom. The van der Waals surface area contributed by atoms with Crippen molar-refractivity contribution in [3.63, 3.8) is 0 Å². The zero-order chi connectivity index (χ0) is 29.8. The van der Waals surface area contributed by atoms with E-state index in [-0.39, 0.29) is 0 Å². The zero-order valence-electron chi connectivity index (χ0n) is 24.1. The van der Waals surface area contributed by atoms with E-state index in [9.17, 15) is 0 Å². The normalized spacial score (nSPS) is 17.2. The van der Waals surface area contributed by atoms with Gasteiger partial charge in [0, 0.05) is 66.5 Å². The molecule has 230 valence electrons. The van der Waals surface area contributed by atoms with Crippen LogP contribution in [0.3, 0.4) is 0 Å². The van der Waals surface area contributed by atoms with Gasteiger partial charge in [0.15, 0.2) is 0 Å². The van der Waals surface area contributed by atoms with Gasteiger partial charge in [0.1, 0.15) is 12.2 Å². The SMILES string of the molecule is CCO[Si](CCCOCC1CO1)(OCC)OCC.CO[Si](CCCOCC1CO1)(OC)OC.O=[Si]=O.O=[Si]=O. The summed E-state index contributed by atoms with van der Waals surface area (Å²) in [6.07, 6.45) is 2.45. The number of epoxide rings is 2. The topological polar surface area (TPSA) is 167 Å². The zero-order valence-corrected chi connectivity index (χ0v) is 28.1.